The number of carbonyl (C=O) groups is 2. The van der Waals surface area contributed by atoms with E-state index in [0.717, 1.165) is 6.08 Å². The van der Waals surface area contributed by atoms with Crippen molar-refractivity contribution in [3.63, 3.8) is 0 Å². The molecule has 0 spiro atoms. The van der Waals surface area contributed by atoms with E-state index >= 15 is 0 Å². The maximum atomic E-state index is 11.0. The van der Waals surface area contributed by atoms with Gasteiger partial charge in [0.25, 0.3) is 0 Å². The van der Waals surface area contributed by atoms with Crippen molar-refractivity contribution >= 4 is 11.9 Å². The van der Waals surface area contributed by atoms with Crippen molar-refractivity contribution in [2.24, 2.45) is 0 Å². The summed E-state index contributed by atoms with van der Waals surface area (Å²) >= 11 is 0. The average Bonchev–Trinajstić information content (AvgIpc) is 1.97. The number of rotatable bonds is 3. The standard InChI is InChI=1S/C9H15NO3/c1-5-7(11)10-6-8(12)13-9(2,3)4/h5H,1,6H2,2-4H3,(H,10,11). The first-order valence-corrected chi connectivity index (χ1v) is 3.97. The molecule has 0 atom stereocenters. The Bertz CT molecular complexity index is 215. The van der Waals surface area contributed by atoms with Crippen molar-refractivity contribution in [3.05, 3.63) is 12.7 Å². The molecule has 0 rings (SSSR count). The molecule has 0 fully saturated rings. The topological polar surface area (TPSA) is 55.4 Å². The zero-order valence-electron chi connectivity index (χ0n) is 8.22. The number of nitrogens with one attached hydrogen (secondary N) is 1. The van der Waals surface area contributed by atoms with E-state index in [1.165, 1.54) is 0 Å². The molecule has 0 aromatic rings. The maximum Gasteiger partial charge on any atom is 0.325 e. The van der Waals surface area contributed by atoms with E-state index in [2.05, 4.69) is 11.9 Å². The van der Waals surface area contributed by atoms with Gasteiger partial charge in [-0.2, -0.15) is 0 Å². The summed E-state index contributed by atoms with van der Waals surface area (Å²) in [7, 11) is 0. The summed E-state index contributed by atoms with van der Waals surface area (Å²) in [6.45, 7) is 8.42. The van der Waals surface area contributed by atoms with Crippen molar-refractivity contribution in [2.75, 3.05) is 6.54 Å². The van der Waals surface area contributed by atoms with Crippen molar-refractivity contribution in [1.29, 1.82) is 0 Å². The molecule has 0 aromatic heterocycles. The fourth-order valence-corrected chi connectivity index (χ4v) is 0.609. The molecule has 0 radical (unpaired) electrons. The Hall–Kier alpha value is -1.32. The van der Waals surface area contributed by atoms with Gasteiger partial charge in [0.15, 0.2) is 0 Å². The van der Waals surface area contributed by atoms with Gasteiger partial charge in [0.05, 0.1) is 0 Å². The molecule has 0 saturated heterocycles. The van der Waals surface area contributed by atoms with Gasteiger partial charge in [0, 0.05) is 0 Å². The summed E-state index contributed by atoms with van der Waals surface area (Å²) in [5.41, 5.74) is -0.518. The van der Waals surface area contributed by atoms with E-state index < -0.39 is 11.6 Å². The van der Waals surface area contributed by atoms with Crippen molar-refractivity contribution in [3.8, 4) is 0 Å². The minimum atomic E-state index is -0.518. The van der Waals surface area contributed by atoms with Crippen LogP contribution in [0.1, 0.15) is 20.8 Å². The molecule has 4 nitrogen and oxygen atoms in total. The van der Waals surface area contributed by atoms with Gasteiger partial charge in [0.2, 0.25) is 5.91 Å². The van der Waals surface area contributed by atoms with E-state index in [1.54, 1.807) is 20.8 Å². The molecule has 0 bridgehead atoms. The molecule has 13 heavy (non-hydrogen) atoms. The maximum absolute atomic E-state index is 11.0. The van der Waals surface area contributed by atoms with Crippen LogP contribution in [0, 0.1) is 0 Å². The van der Waals surface area contributed by atoms with Crippen LogP contribution >= 0.6 is 0 Å². The summed E-state index contributed by atoms with van der Waals surface area (Å²) in [5.74, 6) is -0.839. The number of ether oxygens (including phenoxy) is 1. The predicted molar refractivity (Wildman–Crippen MR) is 49.1 cm³/mol. The first-order chi connectivity index (χ1) is 5.85. The fourth-order valence-electron chi connectivity index (χ4n) is 0.609. The zero-order chi connectivity index (χ0) is 10.5. The molecule has 0 unspecified atom stereocenters. The van der Waals surface area contributed by atoms with Crippen LogP contribution in [-0.2, 0) is 14.3 Å². The van der Waals surface area contributed by atoms with Crippen molar-refractivity contribution in [2.45, 2.75) is 26.4 Å². The highest BCUT2D eigenvalue weighted by Crippen LogP contribution is 2.05. The van der Waals surface area contributed by atoms with Crippen LogP contribution in [0.2, 0.25) is 0 Å². The lowest BCUT2D eigenvalue weighted by Crippen LogP contribution is -2.33. The third-order valence-electron chi connectivity index (χ3n) is 1.01. The second-order valence-electron chi connectivity index (χ2n) is 3.51. The van der Waals surface area contributed by atoms with Crippen LogP contribution < -0.4 is 5.32 Å². The van der Waals surface area contributed by atoms with Crippen LogP contribution in [0.5, 0.6) is 0 Å². The molecule has 0 aliphatic carbocycles. The van der Waals surface area contributed by atoms with Gasteiger partial charge >= 0.3 is 5.97 Å². The fraction of sp³-hybridized carbons (Fsp3) is 0.556. The lowest BCUT2D eigenvalue weighted by atomic mass is 10.2. The van der Waals surface area contributed by atoms with Gasteiger partial charge < -0.3 is 10.1 Å². The Morgan fingerprint density at radius 1 is 1.46 bits per heavy atom. The molecule has 0 aromatic carbocycles. The normalized spacial score (nSPS) is 10.4. The van der Waals surface area contributed by atoms with Gasteiger partial charge in [0.1, 0.15) is 12.1 Å². The Labute approximate surface area is 78.0 Å². The first kappa shape index (κ1) is 11.7. The Balaban J connectivity index is 3.77. The SMILES string of the molecule is C=CC(=O)NCC(=O)OC(C)(C)C. The average molecular weight is 185 g/mol. The number of amides is 1. The molecule has 74 valence electrons. The lowest BCUT2D eigenvalue weighted by Gasteiger charge is -2.19. The minimum absolute atomic E-state index is 0.123. The summed E-state index contributed by atoms with van der Waals surface area (Å²) in [6.07, 6.45) is 1.10. The van der Waals surface area contributed by atoms with Crippen LogP contribution in [0.25, 0.3) is 0 Å². The summed E-state index contributed by atoms with van der Waals surface area (Å²) in [5, 5.41) is 2.32. The van der Waals surface area contributed by atoms with E-state index in [1.807, 2.05) is 0 Å². The minimum Gasteiger partial charge on any atom is -0.459 e. The summed E-state index contributed by atoms with van der Waals surface area (Å²) < 4.78 is 4.94. The predicted octanol–water partition coefficient (Wildman–Crippen LogP) is 0.630. The van der Waals surface area contributed by atoms with Crippen LogP contribution in [-0.4, -0.2) is 24.0 Å². The van der Waals surface area contributed by atoms with Crippen molar-refractivity contribution < 1.29 is 14.3 Å². The Kier molecular flexibility index (Phi) is 4.17. The number of hydrogen-bond donors (Lipinski definition) is 1. The largest absolute Gasteiger partial charge is 0.459 e. The Morgan fingerprint density at radius 2 is 2.00 bits per heavy atom. The Morgan fingerprint density at radius 3 is 2.38 bits per heavy atom. The number of carbonyl (C=O) groups excluding carboxylic acids is 2. The molecule has 1 amide bonds. The molecule has 0 aliphatic rings. The number of hydrogen-bond acceptors (Lipinski definition) is 3. The van der Waals surface area contributed by atoms with E-state index in [9.17, 15) is 9.59 Å². The molecular formula is C9H15NO3. The third kappa shape index (κ3) is 7.05. The molecule has 0 saturated carbocycles. The lowest BCUT2D eigenvalue weighted by molar-refractivity contribution is -0.154. The smallest absolute Gasteiger partial charge is 0.325 e. The first-order valence-electron chi connectivity index (χ1n) is 3.97. The van der Waals surface area contributed by atoms with Gasteiger partial charge in [-0.15, -0.1) is 0 Å². The van der Waals surface area contributed by atoms with Gasteiger partial charge in [-0.1, -0.05) is 6.58 Å². The monoisotopic (exact) mass is 185 g/mol. The highest BCUT2D eigenvalue weighted by Gasteiger charge is 2.15. The van der Waals surface area contributed by atoms with Crippen LogP contribution in [0.4, 0.5) is 0 Å². The van der Waals surface area contributed by atoms with Gasteiger partial charge in [-0.05, 0) is 26.8 Å². The summed E-state index contributed by atoms with van der Waals surface area (Å²) in [4.78, 5) is 21.7. The summed E-state index contributed by atoms with van der Waals surface area (Å²) in [6, 6.07) is 0. The quantitative estimate of drug-likeness (QED) is 0.518. The second kappa shape index (κ2) is 4.64. The highest BCUT2D eigenvalue weighted by atomic mass is 16.6. The zero-order valence-corrected chi connectivity index (χ0v) is 8.22. The van der Waals surface area contributed by atoms with Gasteiger partial charge in [-0.25, -0.2) is 0 Å². The molecular weight excluding hydrogens is 170 g/mol. The third-order valence-corrected chi connectivity index (χ3v) is 1.01. The number of esters is 1. The van der Waals surface area contributed by atoms with E-state index in [0.29, 0.717) is 0 Å². The molecule has 0 heterocycles. The van der Waals surface area contributed by atoms with Gasteiger partial charge in [-0.3, -0.25) is 9.59 Å². The highest BCUT2D eigenvalue weighted by molar-refractivity contribution is 5.89. The molecule has 1 N–H and O–H groups in total. The molecule has 0 aliphatic heterocycles. The second-order valence-corrected chi connectivity index (χ2v) is 3.51. The van der Waals surface area contributed by atoms with Crippen LogP contribution in [0.15, 0.2) is 12.7 Å². The van der Waals surface area contributed by atoms with E-state index in [-0.39, 0.29) is 12.5 Å². The van der Waals surface area contributed by atoms with Crippen molar-refractivity contribution in [1.82, 2.24) is 5.32 Å². The molecule has 4 heteroatoms. The van der Waals surface area contributed by atoms with E-state index in [4.69, 9.17) is 4.74 Å². The van der Waals surface area contributed by atoms with Crippen LogP contribution in [0.3, 0.4) is 0 Å².